The van der Waals surface area contributed by atoms with Crippen LogP contribution in [0.4, 0.5) is 8.78 Å². The number of nitrogens with one attached hydrogen (secondary N) is 1. The van der Waals surface area contributed by atoms with Gasteiger partial charge in [0.2, 0.25) is 10.0 Å². The van der Waals surface area contributed by atoms with E-state index < -0.39 is 32.2 Å². The smallest absolute Gasteiger partial charge is 0.278 e. The molecule has 0 atom stereocenters. The molecule has 7 nitrogen and oxygen atoms in total. The summed E-state index contributed by atoms with van der Waals surface area (Å²) in [6.07, 6.45) is 0. The Morgan fingerprint density at radius 3 is 2.52 bits per heavy atom. The third-order valence-corrected chi connectivity index (χ3v) is 5.35. The second-order valence-electron chi connectivity index (χ2n) is 5.73. The van der Waals surface area contributed by atoms with Gasteiger partial charge in [0.25, 0.3) is 0 Å². The molecular formula is C17H16F2N4O3S. The Hall–Kier alpha value is -2.85. The molecular weight excluding hydrogens is 378 g/mol. The van der Waals surface area contributed by atoms with Gasteiger partial charge in [-0.2, -0.15) is 0 Å². The van der Waals surface area contributed by atoms with Crippen LogP contribution >= 0.6 is 0 Å². The van der Waals surface area contributed by atoms with E-state index in [9.17, 15) is 22.0 Å². The Labute approximate surface area is 153 Å². The topological polar surface area (TPSA) is 86.0 Å². The first-order valence-electron chi connectivity index (χ1n) is 7.93. The maximum atomic E-state index is 13.7. The summed E-state index contributed by atoms with van der Waals surface area (Å²) in [5.41, 5.74) is 0.309. The number of halogens is 2. The Morgan fingerprint density at radius 2 is 1.81 bits per heavy atom. The summed E-state index contributed by atoms with van der Waals surface area (Å²) in [5.74, 6) is -1.50. The average molecular weight is 394 g/mol. The summed E-state index contributed by atoms with van der Waals surface area (Å²) in [6.45, 7) is -0.293. The average Bonchev–Trinajstić information content (AvgIpc) is 2.93. The molecule has 0 fully saturated rings. The minimum Gasteiger partial charge on any atom is -0.278 e. The quantitative estimate of drug-likeness (QED) is 0.687. The van der Waals surface area contributed by atoms with E-state index >= 15 is 0 Å². The molecule has 0 saturated heterocycles. The predicted molar refractivity (Wildman–Crippen MR) is 94.5 cm³/mol. The molecule has 0 unspecified atom stereocenters. The Morgan fingerprint density at radius 1 is 1.11 bits per heavy atom. The highest BCUT2D eigenvalue weighted by Crippen LogP contribution is 2.16. The maximum Gasteiger partial charge on any atom is 0.345 e. The number of nitrogens with zero attached hydrogens (tertiary/aromatic N) is 3. The Bertz CT molecular complexity index is 1120. The highest BCUT2D eigenvalue weighted by atomic mass is 32.2. The van der Waals surface area contributed by atoms with Crippen LogP contribution in [0.3, 0.4) is 0 Å². The molecule has 2 aromatic carbocycles. The van der Waals surface area contributed by atoms with Gasteiger partial charge in [0.15, 0.2) is 5.82 Å². The van der Waals surface area contributed by atoms with Crippen molar-refractivity contribution in [2.75, 3.05) is 6.54 Å². The van der Waals surface area contributed by atoms with Crippen molar-refractivity contribution in [3.05, 3.63) is 70.6 Å². The van der Waals surface area contributed by atoms with Crippen molar-refractivity contribution in [1.29, 1.82) is 0 Å². The molecule has 0 aliphatic heterocycles. The number of hydrogen-bond donors (Lipinski definition) is 1. The molecule has 3 aromatic rings. The minimum atomic E-state index is -4.27. The van der Waals surface area contributed by atoms with Gasteiger partial charge in [0.1, 0.15) is 16.5 Å². The van der Waals surface area contributed by atoms with E-state index in [0.29, 0.717) is 11.9 Å². The van der Waals surface area contributed by atoms with Crippen LogP contribution in [0, 0.1) is 11.6 Å². The van der Waals surface area contributed by atoms with Crippen LogP contribution in [-0.4, -0.2) is 29.3 Å². The van der Waals surface area contributed by atoms with Gasteiger partial charge in [0.05, 0.1) is 6.54 Å². The molecule has 0 bridgehead atoms. The number of sulfonamides is 1. The molecule has 3 rings (SSSR count). The molecule has 0 saturated carbocycles. The monoisotopic (exact) mass is 394 g/mol. The summed E-state index contributed by atoms with van der Waals surface area (Å²) in [4.78, 5) is 11.5. The van der Waals surface area contributed by atoms with Gasteiger partial charge in [0, 0.05) is 19.2 Å². The normalized spacial score (nSPS) is 11.7. The Balaban J connectivity index is 1.76. The Kier molecular flexibility index (Phi) is 5.19. The fourth-order valence-electron chi connectivity index (χ4n) is 2.52. The largest absolute Gasteiger partial charge is 0.345 e. The lowest BCUT2D eigenvalue weighted by molar-refractivity contribution is 0.533. The number of hydrogen-bond acceptors (Lipinski definition) is 4. The van der Waals surface area contributed by atoms with Crippen molar-refractivity contribution in [2.45, 2.75) is 11.4 Å². The maximum absolute atomic E-state index is 13.7. The first kappa shape index (κ1) is 18.9. The fraction of sp³-hybridized carbons (Fsp3) is 0.176. The van der Waals surface area contributed by atoms with Crippen molar-refractivity contribution in [3.8, 4) is 11.4 Å². The van der Waals surface area contributed by atoms with Crippen molar-refractivity contribution in [2.24, 2.45) is 7.05 Å². The van der Waals surface area contributed by atoms with Gasteiger partial charge in [-0.15, -0.1) is 5.10 Å². The lowest BCUT2D eigenvalue weighted by atomic mass is 10.2. The van der Waals surface area contributed by atoms with E-state index in [1.165, 1.54) is 4.57 Å². The van der Waals surface area contributed by atoms with Crippen LogP contribution in [0.2, 0.25) is 0 Å². The van der Waals surface area contributed by atoms with Crippen molar-refractivity contribution in [3.63, 3.8) is 0 Å². The SMILES string of the molecule is Cn1c(-c2ccccc2)nn(CCNS(=O)(=O)c2cc(F)ccc2F)c1=O. The summed E-state index contributed by atoms with van der Waals surface area (Å²) in [7, 11) is -2.71. The van der Waals surface area contributed by atoms with Crippen LogP contribution in [0.15, 0.2) is 58.2 Å². The third-order valence-electron chi connectivity index (χ3n) is 3.87. The second-order valence-corrected chi connectivity index (χ2v) is 7.46. The highest BCUT2D eigenvalue weighted by molar-refractivity contribution is 7.89. The number of rotatable bonds is 6. The standard InChI is InChI=1S/C17H16F2N4O3S/c1-22-16(12-5-3-2-4-6-12)21-23(17(22)24)10-9-20-27(25,26)15-11-13(18)7-8-14(15)19/h2-8,11,20H,9-10H2,1H3. The van der Waals surface area contributed by atoms with E-state index in [2.05, 4.69) is 9.82 Å². The molecule has 0 aliphatic rings. The van der Waals surface area contributed by atoms with Gasteiger partial charge in [-0.25, -0.2) is 31.4 Å². The van der Waals surface area contributed by atoms with Gasteiger partial charge in [-0.05, 0) is 18.2 Å². The van der Waals surface area contributed by atoms with Crippen molar-refractivity contribution >= 4 is 10.0 Å². The van der Waals surface area contributed by atoms with E-state index in [1.54, 1.807) is 31.3 Å². The summed E-state index contributed by atoms with van der Waals surface area (Å²) in [6, 6.07) is 11.2. The molecule has 142 valence electrons. The zero-order chi connectivity index (χ0) is 19.6. The van der Waals surface area contributed by atoms with Crippen LogP contribution in [-0.2, 0) is 23.6 Å². The van der Waals surface area contributed by atoms with E-state index in [-0.39, 0.29) is 13.1 Å². The van der Waals surface area contributed by atoms with Gasteiger partial charge in [-0.3, -0.25) is 4.57 Å². The molecule has 0 radical (unpaired) electrons. The molecule has 0 aliphatic carbocycles. The lowest BCUT2D eigenvalue weighted by Crippen LogP contribution is -2.32. The molecule has 0 spiro atoms. The zero-order valence-electron chi connectivity index (χ0n) is 14.3. The van der Waals surface area contributed by atoms with Crippen molar-refractivity contribution < 1.29 is 17.2 Å². The zero-order valence-corrected chi connectivity index (χ0v) is 15.1. The first-order chi connectivity index (χ1) is 12.8. The first-order valence-corrected chi connectivity index (χ1v) is 9.42. The van der Waals surface area contributed by atoms with Crippen LogP contribution in [0.25, 0.3) is 11.4 Å². The fourth-order valence-corrected chi connectivity index (χ4v) is 3.63. The molecule has 0 amide bonds. The molecule has 1 N–H and O–H groups in total. The predicted octanol–water partition coefficient (Wildman–Crippen LogP) is 1.51. The second kappa shape index (κ2) is 7.41. The summed E-state index contributed by atoms with van der Waals surface area (Å²) < 4.78 is 55.8. The molecule has 1 heterocycles. The van der Waals surface area contributed by atoms with E-state index in [4.69, 9.17) is 0 Å². The lowest BCUT2D eigenvalue weighted by Gasteiger charge is -2.07. The van der Waals surface area contributed by atoms with Gasteiger partial charge in [-0.1, -0.05) is 30.3 Å². The van der Waals surface area contributed by atoms with Gasteiger partial charge < -0.3 is 0 Å². The van der Waals surface area contributed by atoms with Crippen LogP contribution in [0.1, 0.15) is 0 Å². The highest BCUT2D eigenvalue weighted by Gasteiger charge is 2.20. The van der Waals surface area contributed by atoms with Crippen molar-refractivity contribution in [1.82, 2.24) is 19.1 Å². The van der Waals surface area contributed by atoms with Crippen LogP contribution < -0.4 is 10.4 Å². The third kappa shape index (κ3) is 3.96. The van der Waals surface area contributed by atoms with Gasteiger partial charge >= 0.3 is 5.69 Å². The minimum absolute atomic E-state index is 0.0737. The molecule has 1 aromatic heterocycles. The number of aromatic nitrogens is 3. The van der Waals surface area contributed by atoms with E-state index in [0.717, 1.165) is 22.4 Å². The van der Waals surface area contributed by atoms with E-state index in [1.807, 2.05) is 6.07 Å². The summed E-state index contributed by atoms with van der Waals surface area (Å²) in [5, 5.41) is 4.20. The van der Waals surface area contributed by atoms with Crippen LogP contribution in [0.5, 0.6) is 0 Å². The molecule has 10 heteroatoms. The molecule has 27 heavy (non-hydrogen) atoms. The number of benzene rings is 2. The summed E-state index contributed by atoms with van der Waals surface area (Å²) >= 11 is 0.